The molecule has 3 atom stereocenters. The molecule has 0 unspecified atom stereocenters. The summed E-state index contributed by atoms with van der Waals surface area (Å²) >= 11 is 7.05. The minimum absolute atomic E-state index is 0. The Balaban J connectivity index is 0.000000346. The van der Waals surface area contributed by atoms with Crippen molar-refractivity contribution < 1.29 is 108 Å². The van der Waals surface area contributed by atoms with Crippen LogP contribution in [0, 0.1) is 34.0 Å². The standard InChI is InChI=1S/C25H22F3N3O5S.C24H20F3N3O5S.C22H18F3N3O5S.C2H3I3.2CH4/c1-5-11-36-23(32)21-15(2)31(18-8-6-7-17(13-18)25(26,27)28)24(33)30(3)22(21)19-10-9-16(14-29)12-20(19)37(4,34)35;1-4-10-35-22(31)20-14(2)30(17-7-5-6-16(12-17)24(25,26)27)23(32)29-21(20)18-9-8-15(13-28)11-19(18)36(3,33)34;1-12-18(20(29)30)19(16-8-7-13(11-26)9-17(16)34(3,32)33)27(2)21(31)28(12)15-6-4-5-14(10-15)22(23,24)25;1-2(3,4)5;;/h5-10,12-13,22H,1,11H2,2-4H3;4-9,11-12,21H,1,10H2,2-3H3,(H,29,32);4-10,19H,1-3H3,(H,29,30);1H3;2*1H4/t22-;21-;19-;;;/m111.../s1. The van der Waals surface area contributed by atoms with Gasteiger partial charge in [0, 0.05) is 50.0 Å². The van der Waals surface area contributed by atoms with E-state index in [9.17, 15) is 109 Å². The number of allylic oxidation sites excluding steroid dienone is 3. The van der Waals surface area contributed by atoms with Crippen molar-refractivity contribution in [2.24, 2.45) is 0 Å². The van der Waals surface area contributed by atoms with E-state index < -0.39 is 124 Å². The highest BCUT2D eigenvalue weighted by Gasteiger charge is 2.47. The molecule has 0 fully saturated rings. The van der Waals surface area contributed by atoms with Gasteiger partial charge in [0.25, 0.3) is 0 Å². The summed E-state index contributed by atoms with van der Waals surface area (Å²) in [7, 11) is -9.34. The number of likely N-dealkylation sites (N-methyl/N-ethyl adjacent to an activating group) is 2. The summed E-state index contributed by atoms with van der Waals surface area (Å²) in [6.07, 6.45) is -8.77. The van der Waals surface area contributed by atoms with Crippen molar-refractivity contribution in [1.29, 1.82) is 15.8 Å². The molecule has 3 aliphatic heterocycles. The van der Waals surface area contributed by atoms with Gasteiger partial charge in [-0.05, 0) is 135 Å². The number of esters is 2. The predicted octanol–water partition coefficient (Wildman–Crippen LogP) is 17.0. The summed E-state index contributed by atoms with van der Waals surface area (Å²) in [5.74, 6) is -3.37. The van der Waals surface area contributed by atoms with E-state index in [-0.39, 0.29) is 121 Å². The number of aliphatic carboxylic acids is 1. The molecule has 3 aliphatic rings. The van der Waals surface area contributed by atoms with Crippen LogP contribution in [-0.2, 0) is 71.9 Å². The summed E-state index contributed by atoms with van der Waals surface area (Å²) in [4.78, 5) is 82.2. The van der Waals surface area contributed by atoms with Crippen LogP contribution in [0.15, 0.2) is 201 Å². The molecule has 6 aromatic rings. The molecule has 2 N–H and O–H groups in total. The fourth-order valence-corrected chi connectivity index (χ4v) is 14.5. The van der Waals surface area contributed by atoms with Crippen LogP contribution in [0.2, 0.25) is 0 Å². The first kappa shape index (κ1) is 96.5. The van der Waals surface area contributed by atoms with Crippen LogP contribution in [0.4, 0.5) is 71.0 Å². The van der Waals surface area contributed by atoms with Crippen LogP contribution in [0.25, 0.3) is 0 Å². The van der Waals surface area contributed by atoms with Gasteiger partial charge in [0.05, 0.1) is 118 Å². The molecular weight excluding hydrogens is 1910 g/mol. The number of anilines is 3. The van der Waals surface area contributed by atoms with Gasteiger partial charge >= 0.3 is 54.5 Å². The number of alkyl halides is 12. The lowest BCUT2D eigenvalue weighted by Gasteiger charge is -2.41. The monoisotopic (exact) mass is 1990 g/mol. The molecule has 0 aromatic heterocycles. The number of carboxylic acid groups (broad SMARTS) is 1. The first-order valence-corrected chi connectivity index (χ1v) is 40.6. The average molecular weight is 1990 g/mol. The summed E-state index contributed by atoms with van der Waals surface area (Å²) in [6.45, 7) is 12.6. The second kappa shape index (κ2) is 38.0. The number of benzene rings is 6. The Morgan fingerprint density at radius 2 is 0.798 bits per heavy atom. The molecule has 114 heavy (non-hydrogen) atoms. The van der Waals surface area contributed by atoms with Crippen LogP contribution < -0.4 is 20.0 Å². The van der Waals surface area contributed by atoms with E-state index in [0.29, 0.717) is -0.565 Å². The second-order valence-electron chi connectivity index (χ2n) is 24.4. The molecule has 6 amide bonds. The van der Waals surface area contributed by atoms with Crippen molar-refractivity contribution in [3.05, 3.63) is 237 Å². The average Bonchev–Trinajstić information content (AvgIpc) is 0.747. The van der Waals surface area contributed by atoms with Gasteiger partial charge in [-0.25, -0.2) is 54.0 Å². The highest BCUT2D eigenvalue weighted by atomic mass is 127. The summed E-state index contributed by atoms with van der Waals surface area (Å²) in [5.41, 5.74) is -4.62. The number of rotatable bonds is 16. The maximum atomic E-state index is 13.5. The Morgan fingerprint density at radius 3 is 1.11 bits per heavy atom. The van der Waals surface area contributed by atoms with Crippen LogP contribution in [0.1, 0.15) is 111 Å². The highest BCUT2D eigenvalue weighted by molar-refractivity contribution is 14.3. The zero-order valence-corrected chi connectivity index (χ0v) is 68.8. The number of ether oxygens (including phenoxy) is 2. The summed E-state index contributed by atoms with van der Waals surface area (Å²) in [6, 6.07) is 21.8. The molecule has 0 saturated heterocycles. The number of carbonyl (C=O) groups excluding carboxylic acids is 5. The lowest BCUT2D eigenvalue weighted by atomic mass is 9.92. The molecule has 0 radical (unpaired) electrons. The smallest absolute Gasteiger partial charge is 0.416 e. The molecule has 0 spiro atoms. The minimum atomic E-state index is -4.69. The lowest BCUT2D eigenvalue weighted by Crippen LogP contribution is -2.49. The molecule has 9 rings (SSSR count). The number of urea groups is 3. The van der Waals surface area contributed by atoms with E-state index >= 15 is 0 Å². The SMILES string of the molecule is C.C.C=CCOC(=O)C1=C(C)N(c2cccc(C(F)(F)F)c2)C(=O)N(C)[C@@H]1c1ccc(C#N)cc1S(C)(=O)=O.C=CCOC(=O)C1=C(C)N(c2cccc(C(F)(F)F)c2)C(=O)N[C@@H]1c1ccc(C#N)cc1S(C)(=O)=O.CC(I)(I)I.CC1=C(C(=O)O)[C@@H](c2ccc(C#N)cc2S(C)(=O)=O)N(C)C(=O)N1c1cccc(C(F)(F)F)c1. The van der Waals surface area contributed by atoms with Gasteiger partial charge in [-0.3, -0.25) is 14.7 Å². The largest absolute Gasteiger partial charge is 0.478 e. The number of nitriles is 3. The van der Waals surface area contributed by atoms with Crippen LogP contribution >= 0.6 is 67.8 Å². The van der Waals surface area contributed by atoms with Gasteiger partial charge in [0.1, 0.15) is 12.6 Å². The Bertz CT molecular complexity index is 5410. The Labute approximate surface area is 692 Å². The van der Waals surface area contributed by atoms with E-state index in [1.807, 2.05) is 12.1 Å². The van der Waals surface area contributed by atoms with Crippen molar-refractivity contribution in [1.82, 2.24) is 15.1 Å². The number of carbonyl (C=O) groups is 6. The lowest BCUT2D eigenvalue weighted by molar-refractivity contribution is -0.139. The van der Waals surface area contributed by atoms with Gasteiger partial charge in [-0.15, -0.1) is 0 Å². The van der Waals surface area contributed by atoms with Crippen molar-refractivity contribution >= 4 is 150 Å². The van der Waals surface area contributed by atoms with E-state index in [2.05, 4.69) is 93.2 Å². The van der Waals surface area contributed by atoms with E-state index in [0.717, 1.165) is 116 Å². The molecule has 39 heteroatoms. The third-order valence-corrected chi connectivity index (χ3v) is 19.9. The van der Waals surface area contributed by atoms with Crippen molar-refractivity contribution in [3.63, 3.8) is 0 Å². The van der Waals surface area contributed by atoms with Crippen LogP contribution in [0.5, 0.6) is 0 Å². The number of sulfone groups is 3. The fraction of sp³-hybridized carbons (Fsp3) is 0.267. The van der Waals surface area contributed by atoms with Gasteiger partial charge < -0.3 is 29.7 Å². The third-order valence-electron chi connectivity index (χ3n) is 16.4. The first-order valence-electron chi connectivity index (χ1n) is 31.7. The summed E-state index contributed by atoms with van der Waals surface area (Å²) in [5, 5.41) is 40.1. The summed E-state index contributed by atoms with van der Waals surface area (Å²) < 4.78 is 205. The Hall–Kier alpha value is -9.88. The van der Waals surface area contributed by atoms with Gasteiger partial charge in [0.2, 0.25) is 0 Å². The number of nitrogens with one attached hydrogen (secondary N) is 1. The van der Waals surface area contributed by atoms with Crippen molar-refractivity contribution in [2.75, 3.05) is 60.8 Å². The van der Waals surface area contributed by atoms with E-state index in [4.69, 9.17) is 14.7 Å². The van der Waals surface area contributed by atoms with E-state index in [1.165, 1.54) is 102 Å². The van der Waals surface area contributed by atoms with Gasteiger partial charge in [0.15, 0.2) is 29.5 Å². The topological polar surface area (TPSA) is 343 Å². The molecule has 0 saturated carbocycles. The molecule has 6 aromatic carbocycles. The second-order valence-corrected chi connectivity index (χ2v) is 43.0. The molecule has 24 nitrogen and oxygen atoms in total. The number of nitrogens with zero attached hydrogens (tertiary/aromatic N) is 8. The number of amides is 6. The molecule has 3 heterocycles. The first-order chi connectivity index (χ1) is 51.7. The zero-order chi connectivity index (χ0) is 84.6. The number of hydrogen-bond donors (Lipinski definition) is 2. The maximum Gasteiger partial charge on any atom is 0.416 e. The Morgan fingerprint density at radius 1 is 0.509 bits per heavy atom. The van der Waals surface area contributed by atoms with Gasteiger partial charge in [-0.1, -0.05) is 144 Å². The van der Waals surface area contributed by atoms with E-state index in [1.54, 1.807) is 6.07 Å². The zero-order valence-electron chi connectivity index (χ0n) is 59.8. The predicted molar refractivity (Wildman–Crippen MR) is 430 cm³/mol. The minimum Gasteiger partial charge on any atom is -0.478 e. The molecule has 0 bridgehead atoms. The number of halogens is 12. The normalized spacial score (nSPS) is 16.1. The van der Waals surface area contributed by atoms with Crippen molar-refractivity contribution in [3.8, 4) is 18.2 Å². The highest BCUT2D eigenvalue weighted by Crippen LogP contribution is 2.46. The Kier molecular flexibility index (Phi) is 32.2. The molecule has 608 valence electrons. The van der Waals surface area contributed by atoms with Gasteiger partial charge in [-0.2, -0.15) is 55.3 Å². The third kappa shape index (κ3) is 23.0. The number of hydrogen-bond acceptors (Lipinski definition) is 17. The fourth-order valence-electron chi connectivity index (χ4n) is 11.6. The van der Waals surface area contributed by atoms with Crippen LogP contribution in [0.3, 0.4) is 0 Å². The quantitative estimate of drug-likeness (QED) is 0.0299. The van der Waals surface area contributed by atoms with Crippen LogP contribution in [-0.4, -0.2) is 122 Å². The van der Waals surface area contributed by atoms with Crippen molar-refractivity contribution in [2.45, 2.75) is 93.3 Å². The molecule has 0 aliphatic carbocycles. The number of carboxylic acids is 1. The molecular formula is C75H71F9I3N9O15S3. The maximum absolute atomic E-state index is 13.5.